The van der Waals surface area contributed by atoms with Gasteiger partial charge >= 0.3 is 0 Å². The van der Waals surface area contributed by atoms with E-state index in [-0.39, 0.29) is 12.0 Å². The van der Waals surface area contributed by atoms with E-state index in [4.69, 9.17) is 4.74 Å². The van der Waals surface area contributed by atoms with Crippen LogP contribution >= 0.6 is 0 Å². The molecule has 0 aromatic carbocycles. The van der Waals surface area contributed by atoms with Gasteiger partial charge in [0.15, 0.2) is 0 Å². The quantitative estimate of drug-likeness (QED) is 0.802. The van der Waals surface area contributed by atoms with Gasteiger partial charge in [0, 0.05) is 19.2 Å². The van der Waals surface area contributed by atoms with Crippen molar-refractivity contribution in [2.45, 2.75) is 50.7 Å². The maximum Gasteiger partial charge on any atom is 0.251 e. The SMILES string of the molecule is O=C(C1CCCO1)N1CCCC1C1CCCNC1. The fourth-order valence-electron chi connectivity index (χ4n) is 3.72. The highest BCUT2D eigenvalue weighted by atomic mass is 16.5. The van der Waals surface area contributed by atoms with Crippen molar-refractivity contribution in [3.8, 4) is 0 Å². The van der Waals surface area contributed by atoms with Crippen molar-refractivity contribution < 1.29 is 9.53 Å². The Morgan fingerprint density at radius 2 is 2.11 bits per heavy atom. The van der Waals surface area contributed by atoms with Gasteiger partial charge < -0.3 is 15.0 Å². The average Bonchev–Trinajstić information content (AvgIpc) is 3.10. The number of nitrogens with zero attached hydrogens (tertiary/aromatic N) is 1. The fraction of sp³-hybridized carbons (Fsp3) is 0.929. The van der Waals surface area contributed by atoms with Gasteiger partial charge in [0.25, 0.3) is 5.91 Å². The average molecular weight is 252 g/mol. The van der Waals surface area contributed by atoms with E-state index in [9.17, 15) is 4.79 Å². The topological polar surface area (TPSA) is 41.6 Å². The molecule has 0 radical (unpaired) electrons. The molecule has 3 unspecified atom stereocenters. The van der Waals surface area contributed by atoms with Crippen LogP contribution in [0.4, 0.5) is 0 Å². The van der Waals surface area contributed by atoms with Crippen molar-refractivity contribution in [3.05, 3.63) is 0 Å². The molecular weight excluding hydrogens is 228 g/mol. The molecule has 102 valence electrons. The highest BCUT2D eigenvalue weighted by molar-refractivity contribution is 5.81. The van der Waals surface area contributed by atoms with E-state index in [0.717, 1.165) is 39.1 Å². The summed E-state index contributed by atoms with van der Waals surface area (Å²) < 4.78 is 5.56. The highest BCUT2D eigenvalue weighted by Crippen LogP contribution is 2.30. The molecule has 3 aliphatic heterocycles. The summed E-state index contributed by atoms with van der Waals surface area (Å²) in [6.45, 7) is 3.93. The van der Waals surface area contributed by atoms with Crippen LogP contribution in [0.25, 0.3) is 0 Å². The Morgan fingerprint density at radius 1 is 1.17 bits per heavy atom. The zero-order valence-corrected chi connectivity index (χ0v) is 11.1. The minimum Gasteiger partial charge on any atom is -0.368 e. The van der Waals surface area contributed by atoms with Crippen LogP contribution in [-0.2, 0) is 9.53 Å². The molecule has 4 heteroatoms. The largest absolute Gasteiger partial charge is 0.368 e. The number of nitrogens with one attached hydrogen (secondary N) is 1. The van der Waals surface area contributed by atoms with Crippen LogP contribution in [0.5, 0.6) is 0 Å². The molecule has 3 saturated heterocycles. The van der Waals surface area contributed by atoms with Gasteiger partial charge in [0.05, 0.1) is 0 Å². The van der Waals surface area contributed by atoms with Gasteiger partial charge in [-0.2, -0.15) is 0 Å². The molecule has 18 heavy (non-hydrogen) atoms. The summed E-state index contributed by atoms with van der Waals surface area (Å²) in [6, 6.07) is 0.467. The molecular formula is C14H24N2O2. The van der Waals surface area contributed by atoms with Crippen molar-refractivity contribution in [3.63, 3.8) is 0 Å². The standard InChI is InChI=1S/C14H24N2O2/c17-14(13-6-3-9-18-13)16-8-2-5-12(16)11-4-1-7-15-10-11/h11-13,15H,1-10H2. The van der Waals surface area contributed by atoms with Crippen LogP contribution in [-0.4, -0.2) is 49.2 Å². The van der Waals surface area contributed by atoms with E-state index in [1.807, 2.05) is 0 Å². The van der Waals surface area contributed by atoms with E-state index >= 15 is 0 Å². The summed E-state index contributed by atoms with van der Waals surface area (Å²) in [4.78, 5) is 14.6. The first kappa shape index (κ1) is 12.4. The van der Waals surface area contributed by atoms with Crippen molar-refractivity contribution in [2.75, 3.05) is 26.2 Å². The lowest BCUT2D eigenvalue weighted by Crippen LogP contribution is -2.48. The summed E-state index contributed by atoms with van der Waals surface area (Å²) in [5.41, 5.74) is 0. The Kier molecular flexibility index (Phi) is 3.85. The zero-order chi connectivity index (χ0) is 12.4. The van der Waals surface area contributed by atoms with Crippen LogP contribution in [0.3, 0.4) is 0 Å². The molecule has 0 bridgehead atoms. The lowest BCUT2D eigenvalue weighted by Gasteiger charge is -2.35. The summed E-state index contributed by atoms with van der Waals surface area (Å²) in [7, 11) is 0. The van der Waals surface area contributed by atoms with Crippen LogP contribution in [0, 0.1) is 5.92 Å². The molecule has 0 spiro atoms. The van der Waals surface area contributed by atoms with Crippen molar-refractivity contribution in [1.82, 2.24) is 10.2 Å². The lowest BCUT2D eigenvalue weighted by atomic mass is 9.90. The number of carbonyl (C=O) groups is 1. The maximum absolute atomic E-state index is 12.5. The second-order valence-corrected chi connectivity index (χ2v) is 5.85. The van der Waals surface area contributed by atoms with Crippen molar-refractivity contribution >= 4 is 5.91 Å². The first-order valence-corrected chi connectivity index (χ1v) is 7.49. The molecule has 3 aliphatic rings. The number of ether oxygens (including phenoxy) is 1. The minimum atomic E-state index is -0.137. The molecule has 4 nitrogen and oxygen atoms in total. The molecule has 3 rings (SSSR count). The Bertz CT molecular complexity index is 296. The number of piperidine rings is 1. The number of rotatable bonds is 2. The predicted molar refractivity (Wildman–Crippen MR) is 69.3 cm³/mol. The molecule has 1 N–H and O–H groups in total. The number of amides is 1. The van der Waals surface area contributed by atoms with Gasteiger partial charge in [-0.1, -0.05) is 0 Å². The molecule has 0 aromatic rings. The van der Waals surface area contributed by atoms with Crippen LogP contribution in [0.1, 0.15) is 38.5 Å². The van der Waals surface area contributed by atoms with E-state index in [1.54, 1.807) is 0 Å². The van der Waals surface area contributed by atoms with E-state index in [2.05, 4.69) is 10.2 Å². The summed E-state index contributed by atoms with van der Waals surface area (Å²) in [5.74, 6) is 0.923. The second kappa shape index (κ2) is 5.57. The van der Waals surface area contributed by atoms with Crippen molar-refractivity contribution in [1.29, 1.82) is 0 Å². The third-order valence-electron chi connectivity index (χ3n) is 4.67. The van der Waals surface area contributed by atoms with Crippen LogP contribution in [0.2, 0.25) is 0 Å². The lowest BCUT2D eigenvalue weighted by molar-refractivity contribution is -0.142. The van der Waals surface area contributed by atoms with Gasteiger partial charge in [0.1, 0.15) is 6.10 Å². The second-order valence-electron chi connectivity index (χ2n) is 5.85. The molecule has 1 amide bonds. The van der Waals surface area contributed by atoms with Gasteiger partial charge in [-0.3, -0.25) is 4.79 Å². The summed E-state index contributed by atoms with van der Waals surface area (Å²) >= 11 is 0. The molecule has 3 heterocycles. The molecule has 0 aromatic heterocycles. The normalized spacial score (nSPS) is 37.1. The Balaban J connectivity index is 1.64. The van der Waals surface area contributed by atoms with Crippen molar-refractivity contribution in [2.24, 2.45) is 5.92 Å². The third kappa shape index (κ3) is 2.41. The first-order chi connectivity index (χ1) is 8.86. The smallest absolute Gasteiger partial charge is 0.251 e. The van der Waals surface area contributed by atoms with E-state index in [0.29, 0.717) is 12.0 Å². The fourth-order valence-corrected chi connectivity index (χ4v) is 3.72. The molecule has 3 fully saturated rings. The number of carbonyl (C=O) groups excluding carboxylic acids is 1. The first-order valence-electron chi connectivity index (χ1n) is 7.49. The molecule has 0 saturated carbocycles. The molecule has 0 aliphatic carbocycles. The number of hydrogen-bond acceptors (Lipinski definition) is 3. The van der Waals surface area contributed by atoms with E-state index < -0.39 is 0 Å². The molecule has 3 atom stereocenters. The number of likely N-dealkylation sites (tertiary alicyclic amines) is 1. The Morgan fingerprint density at radius 3 is 2.83 bits per heavy atom. The predicted octanol–water partition coefficient (Wildman–Crippen LogP) is 1.16. The number of hydrogen-bond donors (Lipinski definition) is 1. The maximum atomic E-state index is 12.5. The Labute approximate surface area is 109 Å². The summed E-state index contributed by atoms with van der Waals surface area (Å²) in [6.07, 6.45) is 6.70. The zero-order valence-electron chi connectivity index (χ0n) is 11.1. The van der Waals surface area contributed by atoms with Gasteiger partial charge in [0.2, 0.25) is 0 Å². The summed E-state index contributed by atoms with van der Waals surface area (Å²) in [5, 5.41) is 3.47. The van der Waals surface area contributed by atoms with Crippen LogP contribution < -0.4 is 5.32 Å². The Hall–Kier alpha value is -0.610. The van der Waals surface area contributed by atoms with Gasteiger partial charge in [-0.05, 0) is 57.5 Å². The monoisotopic (exact) mass is 252 g/mol. The highest BCUT2D eigenvalue weighted by Gasteiger charge is 2.38. The van der Waals surface area contributed by atoms with Crippen LogP contribution in [0.15, 0.2) is 0 Å². The third-order valence-corrected chi connectivity index (χ3v) is 4.67. The minimum absolute atomic E-state index is 0.137. The van der Waals surface area contributed by atoms with Gasteiger partial charge in [-0.25, -0.2) is 0 Å². The van der Waals surface area contributed by atoms with E-state index in [1.165, 1.54) is 25.7 Å². The van der Waals surface area contributed by atoms with Gasteiger partial charge in [-0.15, -0.1) is 0 Å².